The largest absolute Gasteiger partial charge is 0.436 e. The fraction of sp³-hybridized carbons (Fsp3) is 0. The van der Waals surface area contributed by atoms with Crippen LogP contribution in [0.15, 0.2) is 36.5 Å². The maximum Gasteiger partial charge on any atom is 0.255 e. The molecule has 1 aromatic carbocycles. The minimum Gasteiger partial charge on any atom is -0.436 e. The summed E-state index contributed by atoms with van der Waals surface area (Å²) in [6.07, 6.45) is 1.33. The third-order valence-corrected chi connectivity index (χ3v) is 1.87. The molecule has 0 saturated heterocycles. The molecule has 0 unspecified atom stereocenters. The van der Waals surface area contributed by atoms with Crippen molar-refractivity contribution in [2.24, 2.45) is 0 Å². The highest BCUT2D eigenvalue weighted by molar-refractivity contribution is 6.30. The normalized spacial score (nSPS) is 10.0. The number of nitrogens with zero attached hydrogens (tertiary/aromatic N) is 1. The van der Waals surface area contributed by atoms with Crippen LogP contribution < -0.4 is 4.74 Å². The van der Waals surface area contributed by atoms with Gasteiger partial charge in [-0.3, -0.25) is 0 Å². The topological polar surface area (TPSA) is 22.1 Å². The lowest BCUT2D eigenvalue weighted by molar-refractivity contribution is 0.423. The van der Waals surface area contributed by atoms with Gasteiger partial charge in [0.15, 0.2) is 5.82 Å². The van der Waals surface area contributed by atoms with Crippen LogP contribution in [-0.2, 0) is 0 Å². The number of hydrogen-bond donors (Lipinski definition) is 0. The first-order valence-corrected chi connectivity index (χ1v) is 4.58. The Kier molecular flexibility index (Phi) is 2.83. The molecule has 0 aliphatic rings. The Morgan fingerprint density at radius 1 is 1.47 bits per heavy atom. The Morgan fingerprint density at radius 2 is 2.33 bits per heavy atom. The highest BCUT2D eigenvalue weighted by Crippen LogP contribution is 2.23. The van der Waals surface area contributed by atoms with Gasteiger partial charge in [-0.2, -0.15) is 0 Å². The van der Waals surface area contributed by atoms with E-state index in [2.05, 4.69) is 11.1 Å². The molecule has 0 aliphatic carbocycles. The van der Waals surface area contributed by atoms with Gasteiger partial charge in [-0.15, -0.1) is 0 Å². The van der Waals surface area contributed by atoms with Crippen molar-refractivity contribution in [3.8, 4) is 11.6 Å². The molecule has 1 aromatic heterocycles. The molecule has 75 valence electrons. The molecule has 0 bridgehead atoms. The Balaban J connectivity index is 2.25. The Labute approximate surface area is 91.3 Å². The number of aromatic nitrogens is 1. The number of hydrogen-bond acceptors (Lipinski definition) is 2. The number of rotatable bonds is 2. The van der Waals surface area contributed by atoms with Crippen molar-refractivity contribution in [2.45, 2.75) is 0 Å². The summed E-state index contributed by atoms with van der Waals surface area (Å²) in [6, 6.07) is 10.7. The van der Waals surface area contributed by atoms with E-state index in [9.17, 15) is 4.39 Å². The second-order valence-electron chi connectivity index (χ2n) is 2.78. The van der Waals surface area contributed by atoms with Crippen LogP contribution in [0.4, 0.5) is 4.39 Å². The zero-order chi connectivity index (χ0) is 10.7. The van der Waals surface area contributed by atoms with Crippen molar-refractivity contribution < 1.29 is 9.13 Å². The molecule has 0 amide bonds. The quantitative estimate of drug-likeness (QED) is 0.776. The van der Waals surface area contributed by atoms with Crippen LogP contribution in [0.3, 0.4) is 0 Å². The van der Waals surface area contributed by atoms with E-state index in [0.29, 0.717) is 5.75 Å². The van der Waals surface area contributed by atoms with E-state index >= 15 is 0 Å². The van der Waals surface area contributed by atoms with E-state index in [1.807, 2.05) is 0 Å². The molecule has 2 aromatic rings. The summed E-state index contributed by atoms with van der Waals surface area (Å²) in [6.45, 7) is 0. The summed E-state index contributed by atoms with van der Waals surface area (Å²) in [5, 5.41) is 0.236. The van der Waals surface area contributed by atoms with Crippen molar-refractivity contribution in [2.75, 3.05) is 0 Å². The average molecular weight is 223 g/mol. The molecule has 0 saturated carbocycles. The minimum absolute atomic E-state index is 0.0981. The molecule has 15 heavy (non-hydrogen) atoms. The molecule has 0 atom stereocenters. The van der Waals surface area contributed by atoms with Crippen molar-refractivity contribution in [3.63, 3.8) is 0 Å². The lowest BCUT2D eigenvalue weighted by Crippen LogP contribution is -1.91. The van der Waals surface area contributed by atoms with Gasteiger partial charge in [0.05, 0.1) is 5.02 Å². The minimum atomic E-state index is -0.591. The molecule has 2 nitrogen and oxygen atoms in total. The summed E-state index contributed by atoms with van der Waals surface area (Å²) in [7, 11) is 0. The zero-order valence-corrected chi connectivity index (χ0v) is 8.33. The van der Waals surface area contributed by atoms with Crippen LogP contribution >= 0.6 is 11.6 Å². The van der Waals surface area contributed by atoms with E-state index in [-0.39, 0.29) is 10.9 Å². The number of benzene rings is 1. The van der Waals surface area contributed by atoms with Crippen molar-refractivity contribution in [1.29, 1.82) is 0 Å². The third kappa shape index (κ3) is 2.44. The number of ether oxygens (including phenoxy) is 1. The van der Waals surface area contributed by atoms with Gasteiger partial charge in [0.1, 0.15) is 5.75 Å². The van der Waals surface area contributed by atoms with Gasteiger partial charge >= 0.3 is 0 Å². The molecular formula is C11H6ClFNO. The van der Waals surface area contributed by atoms with Crippen LogP contribution in [0.5, 0.6) is 11.6 Å². The van der Waals surface area contributed by atoms with Gasteiger partial charge in [0.2, 0.25) is 0 Å². The van der Waals surface area contributed by atoms with Gasteiger partial charge < -0.3 is 4.74 Å². The summed E-state index contributed by atoms with van der Waals surface area (Å²) >= 11 is 5.56. The maximum atomic E-state index is 13.3. The predicted octanol–water partition coefficient (Wildman–Crippen LogP) is 3.47. The molecule has 1 radical (unpaired) electrons. The number of pyridine rings is 1. The first-order chi connectivity index (χ1) is 7.25. The fourth-order valence-electron chi connectivity index (χ4n) is 1.03. The first kappa shape index (κ1) is 9.93. The van der Waals surface area contributed by atoms with E-state index in [1.54, 1.807) is 24.3 Å². The van der Waals surface area contributed by atoms with Crippen LogP contribution in [0.1, 0.15) is 0 Å². The van der Waals surface area contributed by atoms with Crippen molar-refractivity contribution in [3.05, 3.63) is 53.4 Å². The second-order valence-corrected chi connectivity index (χ2v) is 3.22. The van der Waals surface area contributed by atoms with Crippen LogP contribution in [-0.4, -0.2) is 4.98 Å². The Bertz CT molecular complexity index is 461. The van der Waals surface area contributed by atoms with Gasteiger partial charge in [-0.25, -0.2) is 9.37 Å². The van der Waals surface area contributed by atoms with Crippen molar-refractivity contribution >= 4 is 11.6 Å². The Hall–Kier alpha value is -1.61. The molecule has 0 aliphatic heterocycles. The molecule has 2 rings (SSSR count). The summed E-state index contributed by atoms with van der Waals surface area (Å²) in [5.41, 5.74) is 0. The molecule has 1 heterocycles. The van der Waals surface area contributed by atoms with Gasteiger partial charge in [0.25, 0.3) is 5.88 Å². The van der Waals surface area contributed by atoms with E-state index in [0.717, 1.165) is 6.07 Å². The van der Waals surface area contributed by atoms with Crippen LogP contribution in [0, 0.1) is 11.9 Å². The summed E-state index contributed by atoms with van der Waals surface area (Å²) in [4.78, 5) is 3.73. The lowest BCUT2D eigenvalue weighted by atomic mass is 10.3. The molecule has 4 heteroatoms. The second kappa shape index (κ2) is 4.28. The van der Waals surface area contributed by atoms with E-state index < -0.39 is 5.82 Å². The fourth-order valence-corrected chi connectivity index (χ4v) is 1.17. The standard InChI is InChI=1S/C11H6ClFNO/c12-8-6-10(13)11(14-7-8)15-9-4-2-1-3-5-9/h1-2,4-7H. The first-order valence-electron chi connectivity index (χ1n) is 4.21. The molecule has 0 N–H and O–H groups in total. The number of halogens is 2. The van der Waals surface area contributed by atoms with Crippen LogP contribution in [0.2, 0.25) is 5.02 Å². The van der Waals surface area contributed by atoms with Crippen LogP contribution in [0.25, 0.3) is 0 Å². The summed E-state index contributed by atoms with van der Waals surface area (Å²) in [5.74, 6) is -0.212. The Morgan fingerprint density at radius 3 is 3.00 bits per heavy atom. The predicted molar refractivity (Wildman–Crippen MR) is 54.6 cm³/mol. The monoisotopic (exact) mass is 222 g/mol. The zero-order valence-electron chi connectivity index (χ0n) is 7.58. The SMILES string of the molecule is Fc1cc(Cl)cnc1Oc1c[c]ccc1. The summed E-state index contributed by atoms with van der Waals surface area (Å²) < 4.78 is 18.4. The van der Waals surface area contributed by atoms with E-state index in [4.69, 9.17) is 16.3 Å². The highest BCUT2D eigenvalue weighted by atomic mass is 35.5. The van der Waals surface area contributed by atoms with Crippen molar-refractivity contribution in [1.82, 2.24) is 4.98 Å². The molecule has 0 fully saturated rings. The van der Waals surface area contributed by atoms with Gasteiger partial charge in [-0.1, -0.05) is 23.7 Å². The van der Waals surface area contributed by atoms with E-state index in [1.165, 1.54) is 6.20 Å². The average Bonchev–Trinajstić information content (AvgIpc) is 2.24. The smallest absolute Gasteiger partial charge is 0.255 e. The molecule has 0 spiro atoms. The lowest BCUT2D eigenvalue weighted by Gasteiger charge is -2.04. The highest BCUT2D eigenvalue weighted by Gasteiger charge is 2.06. The van der Waals surface area contributed by atoms with Gasteiger partial charge in [0, 0.05) is 6.20 Å². The molecular weight excluding hydrogens is 217 g/mol. The van der Waals surface area contributed by atoms with Gasteiger partial charge in [-0.05, 0) is 24.3 Å². The maximum absolute atomic E-state index is 13.3. The third-order valence-electron chi connectivity index (χ3n) is 1.67.